The predicted octanol–water partition coefficient (Wildman–Crippen LogP) is 4.42. The van der Waals surface area contributed by atoms with Crippen LogP contribution in [0.3, 0.4) is 0 Å². The van der Waals surface area contributed by atoms with Gasteiger partial charge in [-0.25, -0.2) is 8.78 Å². The average molecular weight is 415 g/mol. The van der Waals surface area contributed by atoms with Crippen LogP contribution >= 0.6 is 0 Å². The van der Waals surface area contributed by atoms with Gasteiger partial charge in [-0.05, 0) is 50.1 Å². The van der Waals surface area contributed by atoms with E-state index in [0.29, 0.717) is 17.0 Å². The number of nitrogens with zero attached hydrogens (tertiary/aromatic N) is 2. The summed E-state index contributed by atoms with van der Waals surface area (Å²) in [6.07, 6.45) is 1.48. The van der Waals surface area contributed by atoms with E-state index < -0.39 is 17.2 Å². The Morgan fingerprint density at radius 3 is 2.57 bits per heavy atom. The molecule has 0 unspecified atom stereocenters. The third-order valence-corrected chi connectivity index (χ3v) is 4.35. The smallest absolute Gasteiger partial charge is 0.316 e. The molecule has 0 fully saturated rings. The lowest BCUT2D eigenvalue weighted by atomic mass is 10.2. The van der Waals surface area contributed by atoms with Gasteiger partial charge in [-0.1, -0.05) is 12.1 Å². The summed E-state index contributed by atoms with van der Waals surface area (Å²) in [6.45, 7) is 5.90. The molecule has 3 rings (SSSR count). The summed E-state index contributed by atoms with van der Waals surface area (Å²) in [4.78, 5) is 16.3. The molecule has 6 nitrogen and oxygen atoms in total. The van der Waals surface area contributed by atoms with Crippen molar-refractivity contribution < 1.29 is 18.3 Å². The molecule has 8 heteroatoms. The highest BCUT2D eigenvalue weighted by atomic mass is 19.2. The summed E-state index contributed by atoms with van der Waals surface area (Å²) in [7, 11) is 1.37. The number of aromatic nitrogens is 2. The van der Waals surface area contributed by atoms with Gasteiger partial charge in [0.15, 0.2) is 11.6 Å². The van der Waals surface area contributed by atoms with E-state index in [9.17, 15) is 13.6 Å². The molecule has 0 amide bonds. The number of hydrogen-bond donors (Lipinski definition) is 1. The summed E-state index contributed by atoms with van der Waals surface area (Å²) in [5.41, 5.74) is 1.56. The van der Waals surface area contributed by atoms with Crippen molar-refractivity contribution in [2.45, 2.75) is 33.4 Å². The van der Waals surface area contributed by atoms with Gasteiger partial charge < -0.3 is 19.4 Å². The number of aryl methyl sites for hydroxylation is 1. The maximum Gasteiger partial charge on any atom is 0.316 e. The summed E-state index contributed by atoms with van der Waals surface area (Å²) in [5, 5.41) is 3.14. The Balaban J connectivity index is 2.00. The normalized spacial score (nSPS) is 10.9. The van der Waals surface area contributed by atoms with E-state index in [-0.39, 0.29) is 24.3 Å². The van der Waals surface area contributed by atoms with Gasteiger partial charge in [0.2, 0.25) is 11.7 Å². The highest BCUT2D eigenvalue weighted by Crippen LogP contribution is 2.26. The standard InChI is InChI=1S/C22H23F2N3O3/c1-13(2)30-16-7-5-14(3)19(10-16)25-22-26-21(28)20(29-4)12-27(22)11-15-6-8-17(23)18(24)9-15/h5-10,12-13H,11H2,1-4H3,(H,25,26,28). The van der Waals surface area contributed by atoms with Crippen LogP contribution < -0.4 is 20.3 Å². The molecule has 0 bridgehead atoms. The SMILES string of the molecule is COc1cn(Cc2ccc(F)c(F)c2)c(Nc2cc(OC(C)C)ccc2C)nc1=O. The van der Waals surface area contributed by atoms with E-state index >= 15 is 0 Å². The Hall–Kier alpha value is -3.42. The van der Waals surface area contributed by atoms with Gasteiger partial charge in [0.05, 0.1) is 26.0 Å². The van der Waals surface area contributed by atoms with Crippen LogP contribution in [0.25, 0.3) is 0 Å². The van der Waals surface area contributed by atoms with Crippen LogP contribution in [0.4, 0.5) is 20.4 Å². The van der Waals surface area contributed by atoms with Gasteiger partial charge >= 0.3 is 5.56 Å². The second kappa shape index (κ2) is 8.94. The third kappa shape index (κ3) is 4.94. The second-order valence-electron chi connectivity index (χ2n) is 7.08. The molecule has 158 valence electrons. The zero-order valence-corrected chi connectivity index (χ0v) is 17.2. The molecule has 2 aromatic carbocycles. The average Bonchev–Trinajstić information content (AvgIpc) is 2.68. The molecule has 3 aromatic rings. The molecule has 0 atom stereocenters. The van der Waals surface area contributed by atoms with E-state index in [1.807, 2.05) is 39.0 Å². The monoisotopic (exact) mass is 415 g/mol. The zero-order chi connectivity index (χ0) is 21.8. The van der Waals surface area contributed by atoms with Gasteiger partial charge in [-0.15, -0.1) is 0 Å². The fourth-order valence-electron chi connectivity index (χ4n) is 2.87. The van der Waals surface area contributed by atoms with Crippen molar-refractivity contribution in [2.24, 2.45) is 0 Å². The van der Waals surface area contributed by atoms with Gasteiger partial charge in [-0.2, -0.15) is 4.98 Å². The summed E-state index contributed by atoms with van der Waals surface area (Å²) in [6, 6.07) is 9.19. The first-order valence-corrected chi connectivity index (χ1v) is 9.40. The second-order valence-corrected chi connectivity index (χ2v) is 7.08. The van der Waals surface area contributed by atoms with E-state index in [2.05, 4.69) is 10.3 Å². The molecule has 0 spiro atoms. The lowest BCUT2D eigenvalue weighted by Gasteiger charge is -2.18. The van der Waals surface area contributed by atoms with Crippen molar-refractivity contribution in [1.29, 1.82) is 0 Å². The van der Waals surface area contributed by atoms with E-state index in [0.717, 1.165) is 17.7 Å². The van der Waals surface area contributed by atoms with Crippen LogP contribution in [0.2, 0.25) is 0 Å². The van der Waals surface area contributed by atoms with Crippen molar-refractivity contribution in [1.82, 2.24) is 9.55 Å². The van der Waals surface area contributed by atoms with Crippen molar-refractivity contribution in [2.75, 3.05) is 12.4 Å². The fourth-order valence-corrected chi connectivity index (χ4v) is 2.87. The molecular formula is C22H23F2N3O3. The minimum absolute atomic E-state index is 0.00576. The molecule has 0 aliphatic heterocycles. The fraction of sp³-hybridized carbons (Fsp3) is 0.273. The number of nitrogens with one attached hydrogen (secondary N) is 1. The number of ether oxygens (including phenoxy) is 2. The predicted molar refractivity (Wildman–Crippen MR) is 111 cm³/mol. The zero-order valence-electron chi connectivity index (χ0n) is 17.2. The van der Waals surface area contributed by atoms with E-state index in [1.165, 1.54) is 19.4 Å². The van der Waals surface area contributed by atoms with Crippen molar-refractivity contribution >= 4 is 11.6 Å². The first kappa shape index (κ1) is 21.3. The van der Waals surface area contributed by atoms with Crippen LogP contribution in [-0.2, 0) is 6.54 Å². The lowest BCUT2D eigenvalue weighted by molar-refractivity contribution is 0.242. The summed E-state index contributed by atoms with van der Waals surface area (Å²) >= 11 is 0. The minimum Gasteiger partial charge on any atom is -0.491 e. The van der Waals surface area contributed by atoms with Crippen molar-refractivity contribution in [3.05, 3.63) is 75.7 Å². The molecule has 1 aromatic heterocycles. The Bertz CT molecular complexity index is 1110. The Morgan fingerprint density at radius 1 is 1.13 bits per heavy atom. The van der Waals surface area contributed by atoms with Gasteiger partial charge in [-0.3, -0.25) is 4.79 Å². The van der Waals surface area contributed by atoms with Crippen LogP contribution in [0.5, 0.6) is 11.5 Å². The third-order valence-electron chi connectivity index (χ3n) is 4.35. The topological polar surface area (TPSA) is 65.4 Å². The minimum atomic E-state index is -0.947. The summed E-state index contributed by atoms with van der Waals surface area (Å²) in [5.74, 6) is -0.934. The molecule has 1 N–H and O–H groups in total. The number of anilines is 2. The molecule has 0 radical (unpaired) electrons. The maximum absolute atomic E-state index is 13.6. The highest BCUT2D eigenvalue weighted by molar-refractivity contribution is 5.61. The van der Waals surface area contributed by atoms with Crippen molar-refractivity contribution in [3.63, 3.8) is 0 Å². The highest BCUT2D eigenvalue weighted by Gasteiger charge is 2.13. The largest absolute Gasteiger partial charge is 0.491 e. The summed E-state index contributed by atoms with van der Waals surface area (Å²) < 4.78 is 39.3. The molecule has 0 aliphatic rings. The maximum atomic E-state index is 13.6. The molecular weight excluding hydrogens is 392 g/mol. The van der Waals surface area contributed by atoms with Crippen LogP contribution in [0.15, 0.2) is 47.4 Å². The van der Waals surface area contributed by atoms with Crippen LogP contribution in [0.1, 0.15) is 25.0 Å². The van der Waals surface area contributed by atoms with Crippen molar-refractivity contribution in [3.8, 4) is 11.5 Å². The molecule has 0 saturated heterocycles. The Labute approximate surface area is 173 Å². The van der Waals surface area contributed by atoms with E-state index in [4.69, 9.17) is 9.47 Å². The quantitative estimate of drug-likeness (QED) is 0.619. The first-order chi connectivity index (χ1) is 14.3. The molecule has 30 heavy (non-hydrogen) atoms. The number of methoxy groups -OCH3 is 1. The number of hydrogen-bond acceptors (Lipinski definition) is 5. The Kier molecular flexibility index (Phi) is 6.34. The first-order valence-electron chi connectivity index (χ1n) is 9.40. The van der Waals surface area contributed by atoms with Gasteiger partial charge in [0.1, 0.15) is 5.75 Å². The Morgan fingerprint density at radius 2 is 1.90 bits per heavy atom. The van der Waals surface area contributed by atoms with Crippen LogP contribution in [-0.4, -0.2) is 22.8 Å². The lowest BCUT2D eigenvalue weighted by Crippen LogP contribution is -2.19. The van der Waals surface area contributed by atoms with E-state index in [1.54, 1.807) is 4.57 Å². The van der Waals surface area contributed by atoms with Gasteiger partial charge in [0.25, 0.3) is 0 Å². The number of halogens is 2. The number of benzene rings is 2. The van der Waals surface area contributed by atoms with Crippen LogP contribution in [0, 0.1) is 18.6 Å². The van der Waals surface area contributed by atoms with Gasteiger partial charge in [0, 0.05) is 11.8 Å². The molecule has 0 aliphatic carbocycles. The molecule has 1 heterocycles. The number of rotatable bonds is 7. The molecule has 0 saturated carbocycles.